The molecule has 0 aromatic carbocycles. The van der Waals surface area contributed by atoms with Crippen LogP contribution in [0.1, 0.15) is 63.1 Å². The lowest BCUT2D eigenvalue weighted by Gasteiger charge is -2.26. The molecule has 1 aromatic heterocycles. The number of aromatic nitrogens is 2. The van der Waals surface area contributed by atoms with Crippen LogP contribution in [0.4, 0.5) is 0 Å². The second kappa shape index (κ2) is 7.38. The zero-order chi connectivity index (χ0) is 14.4. The molecule has 3 N–H and O–H groups in total. The van der Waals surface area contributed by atoms with Crippen molar-refractivity contribution in [3.05, 3.63) is 11.7 Å². The first-order valence-electron chi connectivity index (χ1n) is 7.50. The molecule has 0 atom stereocenters. The number of amides is 1. The zero-order valence-corrected chi connectivity index (χ0v) is 12.1. The van der Waals surface area contributed by atoms with Gasteiger partial charge in [0.25, 0.3) is 0 Å². The Labute approximate surface area is 119 Å². The van der Waals surface area contributed by atoms with Gasteiger partial charge in [-0.05, 0) is 31.6 Å². The van der Waals surface area contributed by atoms with E-state index in [1.165, 1.54) is 25.7 Å². The molecular formula is C14H24N4O2. The summed E-state index contributed by atoms with van der Waals surface area (Å²) < 4.78 is 5.20. The molecule has 20 heavy (non-hydrogen) atoms. The smallest absolute Gasteiger partial charge is 0.240 e. The fourth-order valence-electron chi connectivity index (χ4n) is 2.92. The molecule has 0 radical (unpaired) electrons. The molecule has 0 unspecified atom stereocenters. The van der Waals surface area contributed by atoms with Gasteiger partial charge in [-0.1, -0.05) is 24.9 Å². The van der Waals surface area contributed by atoms with Crippen LogP contribution in [0.3, 0.4) is 0 Å². The van der Waals surface area contributed by atoms with Gasteiger partial charge >= 0.3 is 0 Å². The minimum absolute atomic E-state index is 0.125. The molecule has 1 aliphatic rings. The zero-order valence-electron chi connectivity index (χ0n) is 12.1. The van der Waals surface area contributed by atoms with Crippen molar-refractivity contribution >= 4 is 5.91 Å². The molecule has 1 aliphatic carbocycles. The highest BCUT2D eigenvalue weighted by Gasteiger charge is 2.25. The number of nitrogens with one attached hydrogen (secondary N) is 1. The molecule has 1 saturated carbocycles. The molecule has 112 valence electrons. The molecular weight excluding hydrogens is 256 g/mol. The van der Waals surface area contributed by atoms with Crippen molar-refractivity contribution in [2.75, 3.05) is 6.54 Å². The van der Waals surface area contributed by atoms with Crippen LogP contribution >= 0.6 is 0 Å². The maximum Gasteiger partial charge on any atom is 0.240 e. The summed E-state index contributed by atoms with van der Waals surface area (Å²) in [5.41, 5.74) is 5.05. The predicted molar refractivity (Wildman–Crippen MR) is 74.8 cm³/mol. The van der Waals surface area contributed by atoms with Crippen LogP contribution in [-0.2, 0) is 11.3 Å². The van der Waals surface area contributed by atoms with E-state index in [1.807, 2.05) is 0 Å². The molecule has 1 heterocycles. The van der Waals surface area contributed by atoms with Gasteiger partial charge in [-0.25, -0.2) is 0 Å². The molecule has 2 rings (SSSR count). The van der Waals surface area contributed by atoms with E-state index in [1.54, 1.807) is 0 Å². The molecule has 0 bridgehead atoms. The topological polar surface area (TPSA) is 94.0 Å². The molecule has 1 amide bonds. The van der Waals surface area contributed by atoms with Crippen LogP contribution < -0.4 is 11.1 Å². The molecule has 0 spiro atoms. The third kappa shape index (κ3) is 4.30. The van der Waals surface area contributed by atoms with Crippen molar-refractivity contribution in [1.82, 2.24) is 15.5 Å². The van der Waals surface area contributed by atoms with Gasteiger partial charge in [0, 0.05) is 5.92 Å². The second-order valence-corrected chi connectivity index (χ2v) is 5.62. The van der Waals surface area contributed by atoms with E-state index >= 15 is 0 Å². The van der Waals surface area contributed by atoms with Crippen molar-refractivity contribution in [2.24, 2.45) is 11.7 Å². The van der Waals surface area contributed by atoms with E-state index in [-0.39, 0.29) is 12.5 Å². The number of carbonyl (C=O) groups excluding carboxylic acids is 1. The van der Waals surface area contributed by atoms with Gasteiger partial charge < -0.3 is 10.3 Å². The van der Waals surface area contributed by atoms with E-state index in [9.17, 15) is 4.79 Å². The van der Waals surface area contributed by atoms with Crippen LogP contribution in [0.15, 0.2) is 4.52 Å². The monoisotopic (exact) mass is 280 g/mol. The lowest BCUT2D eigenvalue weighted by atomic mass is 9.80. The van der Waals surface area contributed by atoms with Crippen LogP contribution in [-0.4, -0.2) is 22.6 Å². The number of hydrogen-bond donors (Lipinski definition) is 2. The van der Waals surface area contributed by atoms with Crippen molar-refractivity contribution in [3.8, 4) is 0 Å². The fourth-order valence-corrected chi connectivity index (χ4v) is 2.92. The van der Waals surface area contributed by atoms with Crippen molar-refractivity contribution < 1.29 is 9.32 Å². The summed E-state index contributed by atoms with van der Waals surface area (Å²) in [6.45, 7) is 2.76. The number of rotatable bonds is 7. The minimum Gasteiger partial charge on any atom is -0.369 e. The highest BCUT2D eigenvalue weighted by atomic mass is 16.5. The Balaban J connectivity index is 1.79. The summed E-state index contributed by atoms with van der Waals surface area (Å²) in [5, 5.41) is 6.94. The van der Waals surface area contributed by atoms with E-state index in [2.05, 4.69) is 22.4 Å². The SMILES string of the molecule is CCCC1CCC(c2noc(CNCC(N)=O)n2)CC1. The second-order valence-electron chi connectivity index (χ2n) is 5.62. The Hall–Kier alpha value is -1.43. The first-order valence-corrected chi connectivity index (χ1v) is 7.50. The van der Waals surface area contributed by atoms with E-state index < -0.39 is 0 Å². The number of carbonyl (C=O) groups is 1. The highest BCUT2D eigenvalue weighted by Crippen LogP contribution is 2.36. The Morgan fingerprint density at radius 3 is 2.80 bits per heavy atom. The summed E-state index contributed by atoms with van der Waals surface area (Å²) in [6, 6.07) is 0. The molecule has 0 aliphatic heterocycles. The number of nitrogens with zero attached hydrogens (tertiary/aromatic N) is 2. The largest absolute Gasteiger partial charge is 0.369 e. The Kier molecular flexibility index (Phi) is 5.52. The lowest BCUT2D eigenvalue weighted by molar-refractivity contribution is -0.117. The van der Waals surface area contributed by atoms with Gasteiger partial charge in [0.2, 0.25) is 11.8 Å². The average Bonchev–Trinajstić information content (AvgIpc) is 2.88. The standard InChI is InChI=1S/C14H24N4O2/c1-2-3-10-4-6-11(7-5-10)14-17-13(20-18-14)9-16-8-12(15)19/h10-11,16H,2-9H2,1H3,(H2,15,19). The van der Waals surface area contributed by atoms with Crippen molar-refractivity contribution in [1.29, 1.82) is 0 Å². The maximum absolute atomic E-state index is 10.6. The van der Waals surface area contributed by atoms with Crippen LogP contribution in [0.2, 0.25) is 0 Å². The van der Waals surface area contributed by atoms with Gasteiger partial charge in [0.1, 0.15) is 0 Å². The first-order chi connectivity index (χ1) is 9.69. The van der Waals surface area contributed by atoms with E-state index in [4.69, 9.17) is 10.3 Å². The van der Waals surface area contributed by atoms with Gasteiger partial charge in [0.05, 0.1) is 13.1 Å². The van der Waals surface area contributed by atoms with Crippen molar-refractivity contribution in [2.45, 2.75) is 57.9 Å². The van der Waals surface area contributed by atoms with Gasteiger partial charge in [-0.3, -0.25) is 10.1 Å². The summed E-state index contributed by atoms with van der Waals surface area (Å²) in [4.78, 5) is 15.0. The normalized spacial score (nSPS) is 22.9. The van der Waals surface area contributed by atoms with Crippen molar-refractivity contribution in [3.63, 3.8) is 0 Å². The first kappa shape index (κ1) is 15.0. The number of hydrogen-bond acceptors (Lipinski definition) is 5. The predicted octanol–water partition coefficient (Wildman–Crippen LogP) is 1.72. The fraction of sp³-hybridized carbons (Fsp3) is 0.786. The summed E-state index contributed by atoms with van der Waals surface area (Å²) in [6.07, 6.45) is 7.44. The Morgan fingerprint density at radius 1 is 1.40 bits per heavy atom. The molecule has 6 heteroatoms. The minimum atomic E-state index is -0.390. The van der Waals surface area contributed by atoms with E-state index in [0.717, 1.165) is 24.6 Å². The Morgan fingerprint density at radius 2 is 2.15 bits per heavy atom. The van der Waals surface area contributed by atoms with Gasteiger partial charge in [0.15, 0.2) is 5.82 Å². The van der Waals surface area contributed by atoms with E-state index in [0.29, 0.717) is 18.4 Å². The van der Waals surface area contributed by atoms with Crippen LogP contribution in [0.5, 0.6) is 0 Å². The van der Waals surface area contributed by atoms with Gasteiger partial charge in [-0.15, -0.1) is 0 Å². The molecule has 0 saturated heterocycles. The summed E-state index contributed by atoms with van der Waals surface area (Å²) in [5.74, 6) is 2.25. The maximum atomic E-state index is 10.6. The Bertz CT molecular complexity index is 425. The molecule has 1 aromatic rings. The quantitative estimate of drug-likeness (QED) is 0.793. The molecule has 1 fully saturated rings. The number of nitrogens with two attached hydrogens (primary N) is 1. The average molecular weight is 280 g/mol. The van der Waals surface area contributed by atoms with Crippen LogP contribution in [0, 0.1) is 5.92 Å². The third-order valence-corrected chi connectivity index (χ3v) is 3.97. The highest BCUT2D eigenvalue weighted by molar-refractivity contribution is 5.75. The summed E-state index contributed by atoms with van der Waals surface area (Å²) in [7, 11) is 0. The third-order valence-electron chi connectivity index (χ3n) is 3.97. The summed E-state index contributed by atoms with van der Waals surface area (Å²) >= 11 is 0. The molecule has 6 nitrogen and oxygen atoms in total. The van der Waals surface area contributed by atoms with Gasteiger partial charge in [-0.2, -0.15) is 4.98 Å². The van der Waals surface area contributed by atoms with Crippen LogP contribution in [0.25, 0.3) is 0 Å². The lowest BCUT2D eigenvalue weighted by Crippen LogP contribution is -2.28. The number of primary amides is 1.